The number of rotatable bonds is 4. The number of benzene rings is 2. The second kappa shape index (κ2) is 7.49. The van der Waals surface area contributed by atoms with Gasteiger partial charge in [-0.3, -0.25) is 4.79 Å². The number of aryl methyl sites for hydroxylation is 1. The number of carbonyl (C=O) groups excluding carboxylic acids is 2. The second-order valence-electron chi connectivity index (χ2n) is 9.41. The molecule has 2 aromatic carbocycles. The molecule has 2 saturated carbocycles. The Kier molecular flexibility index (Phi) is 5.21. The predicted octanol–water partition coefficient (Wildman–Crippen LogP) is 6.02. The van der Waals surface area contributed by atoms with Crippen molar-refractivity contribution in [2.24, 2.45) is 21.4 Å². The minimum atomic E-state index is -0.630. The highest BCUT2D eigenvalue weighted by molar-refractivity contribution is 6.31. The standard InChI is InChI=1S/C25H27ClN2O3/c1-16-10-11-18(26)14-19(16)27-22(30)25-13-12-24(4,23(25,2)3)20(15-25)28-31-21(29)17-8-6-5-7-9-17/h5-11,14H,12-13,15H2,1-4H3,(H,27,30). The summed E-state index contributed by atoms with van der Waals surface area (Å²) in [5.41, 5.74) is 1.58. The van der Waals surface area contributed by atoms with E-state index in [1.807, 2.05) is 25.1 Å². The molecule has 31 heavy (non-hydrogen) atoms. The van der Waals surface area contributed by atoms with Crippen LogP contribution in [0, 0.1) is 23.2 Å². The van der Waals surface area contributed by atoms with E-state index >= 15 is 0 Å². The zero-order chi connectivity index (χ0) is 22.4. The van der Waals surface area contributed by atoms with Crippen LogP contribution < -0.4 is 5.32 Å². The molecule has 162 valence electrons. The van der Waals surface area contributed by atoms with Gasteiger partial charge in [0.1, 0.15) is 0 Å². The Morgan fingerprint density at radius 1 is 1.06 bits per heavy atom. The molecule has 2 atom stereocenters. The topological polar surface area (TPSA) is 67.8 Å². The fourth-order valence-corrected chi connectivity index (χ4v) is 5.39. The molecule has 2 aliphatic carbocycles. The van der Waals surface area contributed by atoms with Gasteiger partial charge in [-0.1, -0.05) is 61.8 Å². The molecular formula is C25H27ClN2O3. The van der Waals surface area contributed by atoms with E-state index in [0.29, 0.717) is 17.0 Å². The molecular weight excluding hydrogens is 412 g/mol. The molecule has 2 bridgehead atoms. The molecule has 2 aliphatic rings. The number of nitrogens with zero attached hydrogens (tertiary/aromatic N) is 1. The SMILES string of the molecule is Cc1ccc(Cl)cc1NC(=O)C12CCC(C)(C(=NOC(=O)c3ccccc3)C1)C2(C)C. The maximum atomic E-state index is 13.6. The van der Waals surface area contributed by atoms with Gasteiger partial charge in [0.25, 0.3) is 0 Å². The molecule has 1 N–H and O–H groups in total. The molecule has 0 radical (unpaired) electrons. The minimum absolute atomic E-state index is 0.0359. The summed E-state index contributed by atoms with van der Waals surface area (Å²) < 4.78 is 0. The average Bonchev–Trinajstić information content (AvgIpc) is 3.06. The van der Waals surface area contributed by atoms with Gasteiger partial charge in [0.2, 0.25) is 5.91 Å². The number of nitrogens with one attached hydrogen (secondary N) is 1. The van der Waals surface area contributed by atoms with Crippen molar-refractivity contribution in [1.82, 2.24) is 0 Å². The van der Waals surface area contributed by atoms with Gasteiger partial charge in [-0.25, -0.2) is 4.79 Å². The first-order valence-electron chi connectivity index (χ1n) is 10.5. The number of halogens is 1. The van der Waals surface area contributed by atoms with Crippen LogP contribution in [0.15, 0.2) is 53.7 Å². The maximum absolute atomic E-state index is 13.6. The number of anilines is 1. The quantitative estimate of drug-likeness (QED) is 0.469. The Labute approximate surface area is 187 Å². The van der Waals surface area contributed by atoms with Crippen molar-refractivity contribution in [1.29, 1.82) is 0 Å². The zero-order valence-corrected chi connectivity index (χ0v) is 19.0. The van der Waals surface area contributed by atoms with Crippen molar-refractivity contribution in [2.45, 2.75) is 47.0 Å². The molecule has 0 spiro atoms. The third kappa shape index (κ3) is 3.26. The third-order valence-electron chi connectivity index (χ3n) is 7.86. The van der Waals surface area contributed by atoms with Crippen molar-refractivity contribution in [3.8, 4) is 0 Å². The fraction of sp³-hybridized carbons (Fsp3) is 0.400. The minimum Gasteiger partial charge on any atom is -0.325 e. The molecule has 1 amide bonds. The van der Waals surface area contributed by atoms with Gasteiger partial charge in [0, 0.05) is 22.5 Å². The van der Waals surface area contributed by atoms with Crippen LogP contribution in [0.25, 0.3) is 0 Å². The second-order valence-corrected chi connectivity index (χ2v) is 9.85. The molecule has 0 heterocycles. The Bertz CT molecular complexity index is 1080. The van der Waals surface area contributed by atoms with Gasteiger partial charge in [0.15, 0.2) is 0 Å². The highest BCUT2D eigenvalue weighted by atomic mass is 35.5. The summed E-state index contributed by atoms with van der Waals surface area (Å²) in [5, 5.41) is 7.97. The summed E-state index contributed by atoms with van der Waals surface area (Å²) in [7, 11) is 0. The van der Waals surface area contributed by atoms with Crippen LogP contribution in [0.4, 0.5) is 5.69 Å². The molecule has 0 aliphatic heterocycles. The Morgan fingerprint density at radius 3 is 2.48 bits per heavy atom. The Hall–Kier alpha value is -2.66. The van der Waals surface area contributed by atoms with E-state index in [1.54, 1.807) is 30.3 Å². The summed E-state index contributed by atoms with van der Waals surface area (Å²) in [6, 6.07) is 14.3. The average molecular weight is 439 g/mol. The smallest absolute Gasteiger partial charge is 0.325 e. The van der Waals surface area contributed by atoms with E-state index in [0.717, 1.165) is 29.8 Å². The summed E-state index contributed by atoms with van der Waals surface area (Å²) in [5.74, 6) is -0.531. The lowest BCUT2D eigenvalue weighted by Crippen LogP contribution is -2.43. The third-order valence-corrected chi connectivity index (χ3v) is 8.10. The number of hydrogen-bond acceptors (Lipinski definition) is 4. The molecule has 4 rings (SSSR count). The van der Waals surface area contributed by atoms with Gasteiger partial charge < -0.3 is 10.2 Å². The van der Waals surface area contributed by atoms with E-state index in [-0.39, 0.29) is 16.7 Å². The van der Waals surface area contributed by atoms with Crippen molar-refractivity contribution in [3.63, 3.8) is 0 Å². The highest BCUT2D eigenvalue weighted by Gasteiger charge is 2.71. The molecule has 2 aromatic rings. The highest BCUT2D eigenvalue weighted by Crippen LogP contribution is 2.71. The first-order chi connectivity index (χ1) is 14.6. The summed E-state index contributed by atoms with van der Waals surface area (Å²) in [4.78, 5) is 31.3. The summed E-state index contributed by atoms with van der Waals surface area (Å²) in [6.45, 7) is 8.30. The van der Waals surface area contributed by atoms with Crippen LogP contribution in [-0.4, -0.2) is 17.6 Å². The van der Waals surface area contributed by atoms with Crippen LogP contribution in [0.2, 0.25) is 5.02 Å². The number of hydrogen-bond donors (Lipinski definition) is 1. The first-order valence-corrected chi connectivity index (χ1v) is 10.9. The maximum Gasteiger partial charge on any atom is 0.365 e. The molecule has 2 fully saturated rings. The number of carbonyl (C=O) groups is 2. The molecule has 0 aromatic heterocycles. The van der Waals surface area contributed by atoms with Crippen LogP contribution in [0.3, 0.4) is 0 Å². The van der Waals surface area contributed by atoms with Gasteiger partial charge in [-0.15, -0.1) is 0 Å². The van der Waals surface area contributed by atoms with E-state index in [4.69, 9.17) is 16.4 Å². The monoisotopic (exact) mass is 438 g/mol. The first kappa shape index (κ1) is 21.6. The van der Waals surface area contributed by atoms with Crippen molar-refractivity contribution < 1.29 is 14.4 Å². The summed E-state index contributed by atoms with van der Waals surface area (Å²) >= 11 is 6.14. The van der Waals surface area contributed by atoms with Crippen molar-refractivity contribution in [2.75, 3.05) is 5.32 Å². The number of oxime groups is 1. The van der Waals surface area contributed by atoms with Crippen molar-refractivity contribution >= 4 is 34.9 Å². The largest absolute Gasteiger partial charge is 0.365 e. The van der Waals surface area contributed by atoms with E-state index in [1.165, 1.54) is 0 Å². The fourth-order valence-electron chi connectivity index (χ4n) is 5.22. The molecule has 2 unspecified atom stereocenters. The molecule has 5 nitrogen and oxygen atoms in total. The van der Waals surface area contributed by atoms with Crippen LogP contribution in [-0.2, 0) is 9.63 Å². The number of amides is 1. The van der Waals surface area contributed by atoms with Crippen molar-refractivity contribution in [3.05, 3.63) is 64.7 Å². The predicted molar refractivity (Wildman–Crippen MR) is 122 cm³/mol. The van der Waals surface area contributed by atoms with Gasteiger partial charge in [-0.05, 0) is 55.0 Å². The normalized spacial score (nSPS) is 27.3. The summed E-state index contributed by atoms with van der Waals surface area (Å²) in [6.07, 6.45) is 2.03. The van der Waals surface area contributed by atoms with Crippen LogP contribution >= 0.6 is 11.6 Å². The lowest BCUT2D eigenvalue weighted by atomic mass is 9.64. The van der Waals surface area contributed by atoms with Gasteiger partial charge in [-0.2, -0.15) is 0 Å². The van der Waals surface area contributed by atoms with Crippen LogP contribution in [0.5, 0.6) is 0 Å². The Morgan fingerprint density at radius 2 is 1.77 bits per heavy atom. The van der Waals surface area contributed by atoms with Crippen LogP contribution in [0.1, 0.15) is 56.0 Å². The molecule has 6 heteroatoms. The Balaban J connectivity index is 1.61. The lowest BCUT2D eigenvalue weighted by Gasteiger charge is -2.39. The lowest BCUT2D eigenvalue weighted by molar-refractivity contribution is -0.130. The van der Waals surface area contributed by atoms with E-state index in [2.05, 4.69) is 31.2 Å². The zero-order valence-electron chi connectivity index (χ0n) is 18.3. The molecule has 0 saturated heterocycles. The van der Waals surface area contributed by atoms with E-state index < -0.39 is 11.4 Å². The van der Waals surface area contributed by atoms with Gasteiger partial charge >= 0.3 is 5.97 Å². The van der Waals surface area contributed by atoms with Gasteiger partial charge in [0.05, 0.1) is 16.7 Å². The van der Waals surface area contributed by atoms with E-state index in [9.17, 15) is 9.59 Å². The number of fused-ring (bicyclic) bond motifs is 2.